The van der Waals surface area contributed by atoms with Gasteiger partial charge >= 0.3 is 0 Å². The van der Waals surface area contributed by atoms with Gasteiger partial charge in [-0.25, -0.2) is 8.42 Å². The van der Waals surface area contributed by atoms with Crippen LogP contribution in [-0.4, -0.2) is 44.8 Å². The first-order valence-electron chi connectivity index (χ1n) is 13.2. The highest BCUT2D eigenvalue weighted by molar-refractivity contribution is 7.92. The Hall–Kier alpha value is -3.85. The highest BCUT2D eigenvalue weighted by Gasteiger charge is 2.35. The summed E-state index contributed by atoms with van der Waals surface area (Å²) in [5.41, 5.74) is 2.73. The molecule has 0 saturated carbocycles. The average Bonchev–Trinajstić information content (AvgIpc) is 3.00. The molecular formula is C32H31Cl2N3O4S. The summed E-state index contributed by atoms with van der Waals surface area (Å²) >= 11 is 12.7. The molecule has 0 spiro atoms. The SMILES string of the molecule is CNC(=O)[C@@H](Cc1ccccc1)N(Cc1ccc(C)cc1)C(=O)CN(c1cc(Cl)ccc1Cl)S(=O)(=O)c1ccccc1. The van der Waals surface area contributed by atoms with Crippen molar-refractivity contribution in [2.24, 2.45) is 0 Å². The quantitative estimate of drug-likeness (QED) is 0.226. The zero-order valence-corrected chi connectivity index (χ0v) is 25.5. The molecule has 10 heteroatoms. The van der Waals surface area contributed by atoms with E-state index in [0.717, 1.165) is 21.0 Å². The second-order valence-electron chi connectivity index (χ2n) is 9.75. The Balaban J connectivity index is 1.81. The molecule has 0 radical (unpaired) electrons. The van der Waals surface area contributed by atoms with Gasteiger partial charge in [0.2, 0.25) is 11.8 Å². The number of hydrogen-bond donors (Lipinski definition) is 1. The first-order chi connectivity index (χ1) is 20.1. The average molecular weight is 625 g/mol. The third-order valence-corrected chi connectivity index (χ3v) is 9.11. The van der Waals surface area contributed by atoms with E-state index in [9.17, 15) is 18.0 Å². The minimum Gasteiger partial charge on any atom is -0.357 e. The molecule has 0 heterocycles. The van der Waals surface area contributed by atoms with Crippen molar-refractivity contribution in [1.29, 1.82) is 0 Å². The van der Waals surface area contributed by atoms with Crippen LogP contribution in [0.3, 0.4) is 0 Å². The van der Waals surface area contributed by atoms with Crippen molar-refractivity contribution in [3.63, 3.8) is 0 Å². The van der Waals surface area contributed by atoms with Gasteiger partial charge in [0.05, 0.1) is 15.6 Å². The van der Waals surface area contributed by atoms with E-state index in [1.54, 1.807) is 18.2 Å². The molecule has 1 N–H and O–H groups in total. The molecule has 1 atom stereocenters. The number of halogens is 2. The number of carbonyl (C=O) groups is 2. The maximum Gasteiger partial charge on any atom is 0.264 e. The molecule has 0 bridgehead atoms. The third kappa shape index (κ3) is 7.50. The van der Waals surface area contributed by atoms with Gasteiger partial charge in [-0.3, -0.25) is 13.9 Å². The van der Waals surface area contributed by atoms with Crippen LogP contribution in [0.25, 0.3) is 0 Å². The normalized spacial score (nSPS) is 11.9. The number of amides is 2. The van der Waals surface area contributed by atoms with Crippen LogP contribution in [0, 0.1) is 6.92 Å². The topological polar surface area (TPSA) is 86.8 Å². The number of nitrogens with zero attached hydrogens (tertiary/aromatic N) is 2. The summed E-state index contributed by atoms with van der Waals surface area (Å²) in [6.07, 6.45) is 0.224. The van der Waals surface area contributed by atoms with Crippen LogP contribution in [0.5, 0.6) is 0 Å². The molecule has 0 fully saturated rings. The molecule has 4 rings (SSSR count). The van der Waals surface area contributed by atoms with Gasteiger partial charge in [-0.2, -0.15) is 0 Å². The molecule has 42 heavy (non-hydrogen) atoms. The third-order valence-electron chi connectivity index (χ3n) is 6.78. The molecule has 0 aliphatic carbocycles. The summed E-state index contributed by atoms with van der Waals surface area (Å²) in [6.45, 7) is 1.41. The molecular weight excluding hydrogens is 593 g/mol. The Morgan fingerprint density at radius 1 is 0.833 bits per heavy atom. The standard InChI is InChI=1S/C32H31Cl2N3O4S/c1-23-13-15-25(16-14-23)21-36(30(32(39)35-2)19-24-9-5-3-6-10-24)31(38)22-37(29-20-26(33)17-18-28(29)34)42(40,41)27-11-7-4-8-12-27/h3-18,20,30H,19,21-22H2,1-2H3,(H,35,39)/t30-/m1/s1. The molecule has 0 aliphatic rings. The van der Waals surface area contributed by atoms with Gasteiger partial charge in [0.25, 0.3) is 10.0 Å². The lowest BCUT2D eigenvalue weighted by Crippen LogP contribution is -2.53. The fraction of sp³-hybridized carbons (Fsp3) is 0.188. The largest absolute Gasteiger partial charge is 0.357 e. The predicted molar refractivity (Wildman–Crippen MR) is 167 cm³/mol. The van der Waals surface area contributed by atoms with E-state index in [2.05, 4.69) is 5.32 Å². The fourth-order valence-corrected chi connectivity index (χ4v) is 6.40. The van der Waals surface area contributed by atoms with Gasteiger partial charge in [0, 0.05) is 25.0 Å². The Morgan fingerprint density at radius 3 is 2.07 bits per heavy atom. The van der Waals surface area contributed by atoms with Crippen molar-refractivity contribution >= 4 is 50.7 Å². The Morgan fingerprint density at radius 2 is 1.45 bits per heavy atom. The molecule has 0 aliphatic heterocycles. The molecule has 4 aromatic rings. The van der Waals surface area contributed by atoms with E-state index in [1.165, 1.54) is 42.3 Å². The van der Waals surface area contributed by atoms with E-state index in [-0.39, 0.29) is 39.5 Å². The van der Waals surface area contributed by atoms with E-state index < -0.39 is 28.5 Å². The lowest BCUT2D eigenvalue weighted by atomic mass is 10.0. The van der Waals surface area contributed by atoms with Crippen molar-refractivity contribution in [3.05, 3.63) is 130 Å². The van der Waals surface area contributed by atoms with Crippen molar-refractivity contribution < 1.29 is 18.0 Å². The lowest BCUT2D eigenvalue weighted by molar-refractivity contribution is -0.139. The summed E-state index contributed by atoms with van der Waals surface area (Å²) < 4.78 is 28.9. The number of likely N-dealkylation sites (N-methyl/N-ethyl adjacent to an activating group) is 1. The maximum absolute atomic E-state index is 14.3. The zero-order valence-electron chi connectivity index (χ0n) is 23.2. The van der Waals surface area contributed by atoms with Crippen LogP contribution in [0.15, 0.2) is 108 Å². The summed E-state index contributed by atoms with van der Waals surface area (Å²) in [4.78, 5) is 29.0. The van der Waals surface area contributed by atoms with E-state index in [1.807, 2.05) is 61.5 Å². The van der Waals surface area contributed by atoms with E-state index in [0.29, 0.717) is 0 Å². The first kappa shape index (κ1) is 31.1. The predicted octanol–water partition coefficient (Wildman–Crippen LogP) is 5.88. The summed E-state index contributed by atoms with van der Waals surface area (Å²) in [6, 6.07) is 28.2. The van der Waals surface area contributed by atoms with Gasteiger partial charge in [0.15, 0.2) is 0 Å². The van der Waals surface area contributed by atoms with Crippen molar-refractivity contribution in [2.45, 2.75) is 30.8 Å². The van der Waals surface area contributed by atoms with Crippen molar-refractivity contribution in [3.8, 4) is 0 Å². The lowest BCUT2D eigenvalue weighted by Gasteiger charge is -2.33. The highest BCUT2D eigenvalue weighted by Crippen LogP contribution is 2.33. The number of aryl methyl sites for hydroxylation is 1. The molecule has 0 unspecified atom stereocenters. The van der Waals surface area contributed by atoms with Gasteiger partial charge in [-0.1, -0.05) is 102 Å². The van der Waals surface area contributed by atoms with Gasteiger partial charge in [-0.05, 0) is 48.4 Å². The molecule has 0 aromatic heterocycles. The summed E-state index contributed by atoms with van der Waals surface area (Å²) in [7, 11) is -2.76. The van der Waals surface area contributed by atoms with E-state index >= 15 is 0 Å². The van der Waals surface area contributed by atoms with Crippen LogP contribution in [0.2, 0.25) is 10.0 Å². The van der Waals surface area contributed by atoms with Crippen molar-refractivity contribution in [2.75, 3.05) is 17.9 Å². The number of carbonyl (C=O) groups excluding carboxylic acids is 2. The Labute approximate surface area is 256 Å². The molecule has 0 saturated heterocycles. The monoisotopic (exact) mass is 623 g/mol. The van der Waals surface area contributed by atoms with Gasteiger partial charge in [-0.15, -0.1) is 0 Å². The van der Waals surface area contributed by atoms with Crippen molar-refractivity contribution in [1.82, 2.24) is 10.2 Å². The number of anilines is 1. The number of sulfonamides is 1. The smallest absolute Gasteiger partial charge is 0.264 e. The number of benzene rings is 4. The minimum absolute atomic E-state index is 0.0222. The Bertz CT molecular complexity index is 1630. The molecule has 4 aromatic carbocycles. The minimum atomic E-state index is -4.27. The highest BCUT2D eigenvalue weighted by atomic mass is 35.5. The fourth-order valence-electron chi connectivity index (χ4n) is 4.52. The molecule has 218 valence electrons. The zero-order chi connectivity index (χ0) is 30.3. The van der Waals surface area contributed by atoms with Gasteiger partial charge in [0.1, 0.15) is 12.6 Å². The first-order valence-corrected chi connectivity index (χ1v) is 15.4. The molecule has 7 nitrogen and oxygen atoms in total. The maximum atomic E-state index is 14.3. The van der Waals surface area contributed by atoms with E-state index in [4.69, 9.17) is 23.2 Å². The molecule has 2 amide bonds. The summed E-state index contributed by atoms with van der Waals surface area (Å²) in [5.74, 6) is -0.965. The van der Waals surface area contributed by atoms with Crippen LogP contribution in [-0.2, 0) is 32.6 Å². The van der Waals surface area contributed by atoms with Gasteiger partial charge < -0.3 is 10.2 Å². The second kappa shape index (κ2) is 13.9. The van der Waals surface area contributed by atoms with Crippen LogP contribution in [0.1, 0.15) is 16.7 Å². The Kier molecular flexibility index (Phi) is 10.3. The van der Waals surface area contributed by atoms with Crippen LogP contribution < -0.4 is 9.62 Å². The van der Waals surface area contributed by atoms with Crippen LogP contribution in [0.4, 0.5) is 5.69 Å². The number of hydrogen-bond acceptors (Lipinski definition) is 4. The number of nitrogens with one attached hydrogen (secondary N) is 1. The summed E-state index contributed by atoms with van der Waals surface area (Å²) in [5, 5.41) is 3.02. The van der Waals surface area contributed by atoms with Crippen LogP contribution >= 0.6 is 23.2 Å². The second-order valence-corrected chi connectivity index (χ2v) is 12.5. The number of rotatable bonds is 11.